The van der Waals surface area contributed by atoms with Crippen LogP contribution < -0.4 is 0 Å². The van der Waals surface area contributed by atoms with Gasteiger partial charge in [0.2, 0.25) is 0 Å². The summed E-state index contributed by atoms with van der Waals surface area (Å²) < 4.78 is 5.69. The highest BCUT2D eigenvalue weighted by Gasteiger charge is 2.13. The molecule has 0 saturated carbocycles. The third-order valence-corrected chi connectivity index (χ3v) is 3.63. The molecule has 3 nitrogen and oxygen atoms in total. The summed E-state index contributed by atoms with van der Waals surface area (Å²) in [5.41, 5.74) is 3.11. The zero-order valence-electron chi connectivity index (χ0n) is 11.0. The third kappa shape index (κ3) is 1.73. The molecular formula is C16H16O3. The molecule has 98 valence electrons. The Kier molecular flexibility index (Phi) is 2.63. The SMILES string of the molecule is CCc1cc2c(cc1O)oc1cc(O)c(CC)cc12. The van der Waals surface area contributed by atoms with E-state index in [9.17, 15) is 10.2 Å². The summed E-state index contributed by atoms with van der Waals surface area (Å²) in [5, 5.41) is 21.7. The molecule has 3 aromatic rings. The second kappa shape index (κ2) is 4.19. The van der Waals surface area contributed by atoms with Gasteiger partial charge in [0.25, 0.3) is 0 Å². The second-order valence-electron chi connectivity index (χ2n) is 4.76. The van der Waals surface area contributed by atoms with Gasteiger partial charge in [0.15, 0.2) is 0 Å². The normalized spacial score (nSPS) is 11.5. The number of rotatable bonds is 2. The number of hydrogen-bond donors (Lipinski definition) is 2. The lowest BCUT2D eigenvalue weighted by Crippen LogP contribution is -1.82. The Labute approximate surface area is 111 Å². The van der Waals surface area contributed by atoms with Crippen molar-refractivity contribution < 1.29 is 14.6 Å². The van der Waals surface area contributed by atoms with Gasteiger partial charge in [-0.2, -0.15) is 0 Å². The molecule has 0 bridgehead atoms. The molecule has 2 aromatic carbocycles. The molecule has 0 radical (unpaired) electrons. The summed E-state index contributed by atoms with van der Waals surface area (Å²) in [6, 6.07) is 7.23. The van der Waals surface area contributed by atoms with Gasteiger partial charge in [-0.1, -0.05) is 13.8 Å². The number of hydrogen-bond acceptors (Lipinski definition) is 3. The molecule has 0 atom stereocenters. The lowest BCUT2D eigenvalue weighted by atomic mass is 10.0. The van der Waals surface area contributed by atoms with Gasteiger partial charge in [0, 0.05) is 22.9 Å². The molecule has 19 heavy (non-hydrogen) atoms. The topological polar surface area (TPSA) is 53.6 Å². The number of benzene rings is 2. The smallest absolute Gasteiger partial charge is 0.139 e. The molecule has 3 heteroatoms. The second-order valence-corrected chi connectivity index (χ2v) is 4.76. The zero-order chi connectivity index (χ0) is 13.6. The quantitative estimate of drug-likeness (QED) is 0.725. The summed E-state index contributed by atoms with van der Waals surface area (Å²) in [4.78, 5) is 0. The van der Waals surface area contributed by atoms with E-state index in [0.29, 0.717) is 11.2 Å². The molecule has 0 aliphatic heterocycles. The summed E-state index contributed by atoms with van der Waals surface area (Å²) in [7, 11) is 0. The first-order valence-corrected chi connectivity index (χ1v) is 6.54. The van der Waals surface area contributed by atoms with Crippen LogP contribution in [-0.4, -0.2) is 10.2 Å². The molecule has 0 saturated heterocycles. The van der Waals surface area contributed by atoms with E-state index < -0.39 is 0 Å². The Bertz CT molecular complexity index is 704. The number of aromatic hydroxyl groups is 2. The molecule has 0 aliphatic carbocycles. The van der Waals surface area contributed by atoms with Gasteiger partial charge < -0.3 is 14.6 Å². The highest BCUT2D eigenvalue weighted by atomic mass is 16.3. The van der Waals surface area contributed by atoms with Crippen LogP contribution in [0.4, 0.5) is 0 Å². The van der Waals surface area contributed by atoms with Gasteiger partial charge in [-0.3, -0.25) is 0 Å². The lowest BCUT2D eigenvalue weighted by Gasteiger charge is -2.02. The first-order chi connectivity index (χ1) is 9.13. The van der Waals surface area contributed by atoms with Crippen molar-refractivity contribution in [3.63, 3.8) is 0 Å². The average molecular weight is 256 g/mol. The number of furan rings is 1. The van der Waals surface area contributed by atoms with Gasteiger partial charge in [-0.15, -0.1) is 0 Å². The zero-order valence-corrected chi connectivity index (χ0v) is 11.0. The maximum absolute atomic E-state index is 9.88. The fraction of sp³-hybridized carbons (Fsp3) is 0.250. The minimum atomic E-state index is 0.258. The molecule has 0 unspecified atom stereocenters. The van der Waals surface area contributed by atoms with Gasteiger partial charge in [-0.05, 0) is 36.1 Å². The standard InChI is InChI=1S/C16H16O3/c1-3-9-5-11-12-6-10(4-2)14(18)8-16(12)19-15(11)7-13(9)17/h5-8,17-18H,3-4H2,1-2H3. The third-order valence-electron chi connectivity index (χ3n) is 3.63. The van der Waals surface area contributed by atoms with Crippen molar-refractivity contribution in [2.24, 2.45) is 0 Å². The van der Waals surface area contributed by atoms with Crippen LogP contribution in [0.2, 0.25) is 0 Å². The van der Waals surface area contributed by atoms with Gasteiger partial charge in [0.1, 0.15) is 22.7 Å². The van der Waals surface area contributed by atoms with Crippen LogP contribution in [0.5, 0.6) is 11.5 Å². The predicted octanol–water partition coefficient (Wildman–Crippen LogP) is 4.12. The van der Waals surface area contributed by atoms with Gasteiger partial charge in [-0.25, -0.2) is 0 Å². The first kappa shape index (κ1) is 11.9. The summed E-state index contributed by atoms with van der Waals surface area (Å²) in [6.45, 7) is 4.01. The summed E-state index contributed by atoms with van der Waals surface area (Å²) in [6.07, 6.45) is 1.54. The van der Waals surface area contributed by atoms with E-state index in [1.807, 2.05) is 26.0 Å². The molecule has 0 spiro atoms. The monoisotopic (exact) mass is 256 g/mol. The van der Waals surface area contributed by atoms with Crippen molar-refractivity contribution in [3.8, 4) is 11.5 Å². The van der Waals surface area contributed by atoms with Crippen molar-refractivity contribution in [1.29, 1.82) is 0 Å². The maximum atomic E-state index is 9.88. The fourth-order valence-electron chi connectivity index (χ4n) is 2.50. The average Bonchev–Trinajstić information content (AvgIpc) is 2.72. The van der Waals surface area contributed by atoms with Crippen LogP contribution in [0, 0.1) is 0 Å². The number of aryl methyl sites for hydroxylation is 2. The largest absolute Gasteiger partial charge is 0.508 e. The fourth-order valence-corrected chi connectivity index (χ4v) is 2.50. The van der Waals surface area contributed by atoms with Crippen molar-refractivity contribution >= 4 is 21.9 Å². The molecule has 1 aromatic heterocycles. The van der Waals surface area contributed by atoms with Crippen molar-refractivity contribution in [1.82, 2.24) is 0 Å². The Morgan fingerprint density at radius 3 is 1.58 bits per heavy atom. The summed E-state index contributed by atoms with van der Waals surface area (Å²) >= 11 is 0. The van der Waals surface area contributed by atoms with Gasteiger partial charge >= 0.3 is 0 Å². The van der Waals surface area contributed by atoms with Crippen LogP contribution >= 0.6 is 0 Å². The highest BCUT2D eigenvalue weighted by Crippen LogP contribution is 2.36. The van der Waals surface area contributed by atoms with Crippen LogP contribution in [-0.2, 0) is 12.8 Å². The number of fused-ring (bicyclic) bond motifs is 3. The Morgan fingerprint density at radius 1 is 0.789 bits per heavy atom. The van der Waals surface area contributed by atoms with E-state index in [4.69, 9.17) is 4.42 Å². The molecule has 0 amide bonds. The van der Waals surface area contributed by atoms with E-state index in [2.05, 4.69) is 0 Å². The molecule has 0 aliphatic rings. The minimum absolute atomic E-state index is 0.258. The maximum Gasteiger partial charge on any atom is 0.139 e. The Hall–Kier alpha value is -2.16. The van der Waals surface area contributed by atoms with Crippen LogP contribution in [0.25, 0.3) is 21.9 Å². The Balaban J connectivity index is 2.41. The van der Waals surface area contributed by atoms with E-state index in [-0.39, 0.29) is 11.5 Å². The summed E-state index contributed by atoms with van der Waals surface area (Å²) in [5.74, 6) is 0.517. The van der Waals surface area contributed by atoms with Crippen molar-refractivity contribution in [2.75, 3.05) is 0 Å². The highest BCUT2D eigenvalue weighted by molar-refractivity contribution is 6.06. The van der Waals surface area contributed by atoms with E-state index >= 15 is 0 Å². The van der Waals surface area contributed by atoms with Crippen molar-refractivity contribution in [2.45, 2.75) is 26.7 Å². The van der Waals surface area contributed by atoms with Crippen LogP contribution in [0.1, 0.15) is 25.0 Å². The minimum Gasteiger partial charge on any atom is -0.508 e. The lowest BCUT2D eigenvalue weighted by molar-refractivity contribution is 0.468. The van der Waals surface area contributed by atoms with E-state index in [1.54, 1.807) is 12.1 Å². The van der Waals surface area contributed by atoms with Crippen LogP contribution in [0.15, 0.2) is 28.7 Å². The molecule has 1 heterocycles. The number of phenolic OH excluding ortho intramolecular Hbond substituents is 2. The van der Waals surface area contributed by atoms with Crippen LogP contribution in [0.3, 0.4) is 0 Å². The van der Waals surface area contributed by atoms with Crippen molar-refractivity contribution in [3.05, 3.63) is 35.4 Å². The molecular weight excluding hydrogens is 240 g/mol. The molecule has 3 rings (SSSR count). The Morgan fingerprint density at radius 2 is 1.21 bits per heavy atom. The van der Waals surface area contributed by atoms with Gasteiger partial charge in [0.05, 0.1) is 0 Å². The van der Waals surface area contributed by atoms with E-state index in [1.165, 1.54) is 0 Å². The molecule has 2 N–H and O–H groups in total. The predicted molar refractivity (Wildman–Crippen MR) is 75.8 cm³/mol. The first-order valence-electron chi connectivity index (χ1n) is 6.54. The van der Waals surface area contributed by atoms with E-state index in [0.717, 1.165) is 34.7 Å². The molecule has 0 fully saturated rings. The number of phenols is 2.